The van der Waals surface area contributed by atoms with Crippen LogP contribution in [0.25, 0.3) is 0 Å². The molecule has 0 saturated carbocycles. The molecule has 0 atom stereocenters. The molecule has 2 rings (SSSR count). The van der Waals surface area contributed by atoms with Crippen LogP contribution in [0, 0.1) is 0 Å². The molecule has 4 heteroatoms. The maximum Gasteiger partial charge on any atom is 0.0490 e. The standard InChI is InChI=1S/C11H19N3S/c1(3-11-4-5-12-13-11)2-6-14-7-9-15-10-8-14/h4-5H,1-3,6-10H2,(H,12,13). The van der Waals surface area contributed by atoms with E-state index in [4.69, 9.17) is 0 Å². The molecule has 1 aromatic rings. The van der Waals surface area contributed by atoms with E-state index in [2.05, 4.69) is 32.9 Å². The van der Waals surface area contributed by atoms with Gasteiger partial charge in [-0.25, -0.2) is 0 Å². The predicted molar refractivity (Wildman–Crippen MR) is 65.3 cm³/mol. The van der Waals surface area contributed by atoms with Crippen molar-refractivity contribution in [3.05, 3.63) is 18.0 Å². The summed E-state index contributed by atoms with van der Waals surface area (Å²) in [5, 5.41) is 6.96. The summed E-state index contributed by atoms with van der Waals surface area (Å²) in [5.74, 6) is 2.64. The van der Waals surface area contributed by atoms with Gasteiger partial charge < -0.3 is 4.90 Å². The Morgan fingerprint density at radius 1 is 1.33 bits per heavy atom. The molecule has 84 valence electrons. The fourth-order valence-electron chi connectivity index (χ4n) is 1.90. The lowest BCUT2D eigenvalue weighted by Crippen LogP contribution is -2.33. The molecule has 0 bridgehead atoms. The molecule has 0 aliphatic carbocycles. The highest BCUT2D eigenvalue weighted by Gasteiger charge is 2.08. The first-order chi connectivity index (χ1) is 7.45. The average Bonchev–Trinajstić information content (AvgIpc) is 2.79. The number of nitrogens with zero attached hydrogens (tertiary/aromatic N) is 2. The Hall–Kier alpha value is -0.480. The third kappa shape index (κ3) is 3.87. The van der Waals surface area contributed by atoms with E-state index in [0.717, 1.165) is 6.42 Å². The van der Waals surface area contributed by atoms with Crippen molar-refractivity contribution in [3.63, 3.8) is 0 Å². The van der Waals surface area contributed by atoms with Crippen LogP contribution in [0.15, 0.2) is 12.3 Å². The van der Waals surface area contributed by atoms with Crippen molar-refractivity contribution in [1.82, 2.24) is 15.1 Å². The summed E-state index contributed by atoms with van der Waals surface area (Å²) in [6.45, 7) is 3.85. The van der Waals surface area contributed by atoms with Gasteiger partial charge in [-0.2, -0.15) is 16.9 Å². The molecule has 1 saturated heterocycles. The summed E-state index contributed by atoms with van der Waals surface area (Å²) in [6.07, 6.45) is 5.55. The number of unbranched alkanes of at least 4 members (excludes halogenated alkanes) is 1. The lowest BCUT2D eigenvalue weighted by Gasteiger charge is -2.25. The van der Waals surface area contributed by atoms with Crippen LogP contribution in [0.2, 0.25) is 0 Å². The minimum Gasteiger partial charge on any atom is -0.302 e. The van der Waals surface area contributed by atoms with Crippen LogP contribution < -0.4 is 0 Å². The zero-order valence-electron chi connectivity index (χ0n) is 9.11. The summed E-state index contributed by atoms with van der Waals surface area (Å²) in [4.78, 5) is 2.59. The molecule has 1 N–H and O–H groups in total. The largest absolute Gasteiger partial charge is 0.302 e. The molecule has 0 unspecified atom stereocenters. The summed E-state index contributed by atoms with van der Waals surface area (Å²) < 4.78 is 0. The normalized spacial score (nSPS) is 18.1. The van der Waals surface area contributed by atoms with E-state index in [9.17, 15) is 0 Å². The monoisotopic (exact) mass is 225 g/mol. The van der Waals surface area contributed by atoms with E-state index in [-0.39, 0.29) is 0 Å². The van der Waals surface area contributed by atoms with Gasteiger partial charge in [-0.15, -0.1) is 0 Å². The second-order valence-electron chi connectivity index (χ2n) is 3.99. The van der Waals surface area contributed by atoms with Crippen LogP contribution in [0.4, 0.5) is 0 Å². The van der Waals surface area contributed by atoms with Crippen molar-refractivity contribution in [3.8, 4) is 0 Å². The third-order valence-corrected chi connectivity index (χ3v) is 3.78. The zero-order valence-corrected chi connectivity index (χ0v) is 9.93. The Balaban J connectivity index is 1.54. The van der Waals surface area contributed by atoms with Crippen LogP contribution in [-0.4, -0.2) is 46.2 Å². The maximum absolute atomic E-state index is 3.95. The molecule has 3 nitrogen and oxygen atoms in total. The molecular formula is C11H19N3S. The lowest BCUT2D eigenvalue weighted by atomic mass is 10.2. The number of H-pyrrole nitrogens is 1. The van der Waals surface area contributed by atoms with Crippen molar-refractivity contribution in [1.29, 1.82) is 0 Å². The van der Waals surface area contributed by atoms with Gasteiger partial charge in [-0.05, 0) is 31.9 Å². The molecule has 0 radical (unpaired) electrons. The van der Waals surface area contributed by atoms with Crippen LogP contribution in [0.5, 0.6) is 0 Å². The van der Waals surface area contributed by atoms with Crippen LogP contribution >= 0.6 is 11.8 Å². The van der Waals surface area contributed by atoms with Crippen LogP contribution in [-0.2, 0) is 6.42 Å². The maximum atomic E-state index is 3.95. The van der Waals surface area contributed by atoms with Crippen molar-refractivity contribution in [2.24, 2.45) is 0 Å². The lowest BCUT2D eigenvalue weighted by molar-refractivity contribution is 0.295. The third-order valence-electron chi connectivity index (χ3n) is 2.83. The first-order valence-electron chi connectivity index (χ1n) is 5.73. The Morgan fingerprint density at radius 3 is 2.93 bits per heavy atom. The first-order valence-corrected chi connectivity index (χ1v) is 6.89. The number of aryl methyl sites for hydroxylation is 1. The van der Waals surface area contributed by atoms with Crippen molar-refractivity contribution < 1.29 is 0 Å². The van der Waals surface area contributed by atoms with E-state index < -0.39 is 0 Å². The van der Waals surface area contributed by atoms with Gasteiger partial charge in [-0.3, -0.25) is 5.10 Å². The van der Waals surface area contributed by atoms with Gasteiger partial charge in [-0.1, -0.05) is 0 Å². The van der Waals surface area contributed by atoms with Gasteiger partial charge in [0.25, 0.3) is 0 Å². The highest BCUT2D eigenvalue weighted by Crippen LogP contribution is 2.10. The zero-order chi connectivity index (χ0) is 10.3. The smallest absolute Gasteiger partial charge is 0.0490 e. The number of aromatic nitrogens is 2. The van der Waals surface area contributed by atoms with Crippen LogP contribution in [0.1, 0.15) is 18.5 Å². The van der Waals surface area contributed by atoms with Crippen molar-refractivity contribution in [2.45, 2.75) is 19.3 Å². The first kappa shape index (κ1) is 11.0. The summed E-state index contributed by atoms with van der Waals surface area (Å²) in [7, 11) is 0. The fourth-order valence-corrected chi connectivity index (χ4v) is 2.88. The Morgan fingerprint density at radius 2 is 2.20 bits per heavy atom. The molecule has 0 aromatic carbocycles. The number of hydrogen-bond donors (Lipinski definition) is 1. The Kier molecular flexibility index (Phi) is 4.54. The second-order valence-corrected chi connectivity index (χ2v) is 5.22. The van der Waals surface area contributed by atoms with Crippen LogP contribution in [0.3, 0.4) is 0 Å². The average molecular weight is 225 g/mol. The van der Waals surface area contributed by atoms with Gasteiger partial charge in [0, 0.05) is 36.5 Å². The molecule has 1 aliphatic rings. The summed E-state index contributed by atoms with van der Waals surface area (Å²) >= 11 is 2.08. The summed E-state index contributed by atoms with van der Waals surface area (Å²) in [5.41, 5.74) is 1.27. The number of thioether (sulfide) groups is 1. The Bertz CT molecular complexity index is 255. The quantitative estimate of drug-likeness (QED) is 0.775. The molecule has 1 fully saturated rings. The molecule has 1 aromatic heterocycles. The number of hydrogen-bond acceptors (Lipinski definition) is 3. The minimum atomic E-state index is 1.14. The van der Waals surface area contributed by atoms with E-state index in [1.165, 1.54) is 49.7 Å². The van der Waals surface area contributed by atoms with Gasteiger partial charge in [0.05, 0.1) is 0 Å². The topological polar surface area (TPSA) is 31.9 Å². The van der Waals surface area contributed by atoms with E-state index in [0.29, 0.717) is 0 Å². The van der Waals surface area contributed by atoms with E-state index >= 15 is 0 Å². The second kappa shape index (κ2) is 6.18. The van der Waals surface area contributed by atoms with E-state index in [1.54, 1.807) is 0 Å². The van der Waals surface area contributed by atoms with Gasteiger partial charge >= 0.3 is 0 Å². The molecule has 0 amide bonds. The van der Waals surface area contributed by atoms with Gasteiger partial charge in [0.1, 0.15) is 0 Å². The van der Waals surface area contributed by atoms with E-state index in [1.807, 2.05) is 6.20 Å². The molecule has 15 heavy (non-hydrogen) atoms. The molecule has 1 aliphatic heterocycles. The van der Waals surface area contributed by atoms with Gasteiger partial charge in [0.2, 0.25) is 0 Å². The van der Waals surface area contributed by atoms with Gasteiger partial charge in [0.15, 0.2) is 0 Å². The fraction of sp³-hybridized carbons (Fsp3) is 0.727. The number of aromatic amines is 1. The number of rotatable bonds is 5. The molecule has 2 heterocycles. The number of nitrogens with one attached hydrogen (secondary N) is 1. The minimum absolute atomic E-state index is 1.14. The van der Waals surface area contributed by atoms with Crippen molar-refractivity contribution >= 4 is 11.8 Å². The SMILES string of the molecule is c1cc(CCCCN2CCSCC2)[nH]n1. The predicted octanol–water partition coefficient (Wildman–Crippen LogP) is 1.78. The highest BCUT2D eigenvalue weighted by molar-refractivity contribution is 7.99. The Labute approximate surface area is 95.6 Å². The highest BCUT2D eigenvalue weighted by atomic mass is 32.2. The summed E-state index contributed by atoms with van der Waals surface area (Å²) in [6, 6.07) is 2.07. The molecule has 0 spiro atoms. The molecular weight excluding hydrogens is 206 g/mol. The van der Waals surface area contributed by atoms with Crippen molar-refractivity contribution in [2.75, 3.05) is 31.1 Å².